The molecule has 2 heterocycles. The van der Waals surface area contributed by atoms with Crippen LogP contribution in [-0.2, 0) is 0 Å². The minimum Gasteiger partial charge on any atom is -0.422 e. The van der Waals surface area contributed by atoms with E-state index in [0.717, 1.165) is 0 Å². The second-order valence-corrected chi connectivity index (χ2v) is 3.67. The van der Waals surface area contributed by atoms with Crippen molar-refractivity contribution >= 4 is 11.6 Å². The fraction of sp³-hybridized carbons (Fsp3) is 0. The molecule has 2 aromatic heterocycles. The summed E-state index contributed by atoms with van der Waals surface area (Å²) in [6, 6.07) is 10.6. The first-order chi connectivity index (χ1) is 8.83. The molecule has 0 aliphatic carbocycles. The quantitative estimate of drug-likeness (QED) is 0.506. The Labute approximate surface area is 103 Å². The largest absolute Gasteiger partial charge is 0.422 e. The minimum atomic E-state index is -0.482. The van der Waals surface area contributed by atoms with Gasteiger partial charge < -0.3 is 4.74 Å². The van der Waals surface area contributed by atoms with Crippen LogP contribution in [0.3, 0.4) is 0 Å². The van der Waals surface area contributed by atoms with Crippen molar-refractivity contribution < 1.29 is 9.53 Å². The Morgan fingerprint density at radius 3 is 2.78 bits per heavy atom. The van der Waals surface area contributed by atoms with Crippen LogP contribution < -0.4 is 4.74 Å². The number of rotatable bonds is 2. The number of nitrogens with zero attached hydrogens (tertiary/aromatic N) is 3. The van der Waals surface area contributed by atoms with Gasteiger partial charge in [0.25, 0.3) is 0 Å². The molecule has 0 bridgehead atoms. The van der Waals surface area contributed by atoms with Gasteiger partial charge in [-0.25, -0.2) is 14.8 Å². The Morgan fingerprint density at radius 2 is 2.00 bits per heavy atom. The minimum absolute atomic E-state index is 0.256. The normalized spacial score (nSPS) is 10.4. The van der Waals surface area contributed by atoms with Crippen molar-refractivity contribution in [3.63, 3.8) is 0 Å². The summed E-state index contributed by atoms with van der Waals surface area (Å²) in [5, 5.41) is 0. The second kappa shape index (κ2) is 4.29. The molecule has 0 radical (unpaired) electrons. The fourth-order valence-electron chi connectivity index (χ4n) is 1.59. The third-order valence-electron chi connectivity index (χ3n) is 2.42. The van der Waals surface area contributed by atoms with Gasteiger partial charge in [0.1, 0.15) is 17.7 Å². The van der Waals surface area contributed by atoms with Crippen molar-refractivity contribution in [2.24, 2.45) is 0 Å². The SMILES string of the molecule is O=C(Oc1ccccc1)c1cn2cnccc2n1. The van der Waals surface area contributed by atoms with Crippen LogP contribution in [0.4, 0.5) is 0 Å². The summed E-state index contributed by atoms with van der Waals surface area (Å²) in [5.74, 6) is 0.0163. The number of aromatic nitrogens is 3. The molecule has 0 unspecified atom stereocenters. The number of esters is 1. The van der Waals surface area contributed by atoms with Gasteiger partial charge in [0.05, 0.1) is 0 Å². The predicted octanol–water partition coefficient (Wildman–Crippen LogP) is 1.95. The van der Waals surface area contributed by atoms with Gasteiger partial charge in [-0.2, -0.15) is 0 Å². The van der Waals surface area contributed by atoms with Gasteiger partial charge in [-0.1, -0.05) is 18.2 Å². The summed E-state index contributed by atoms with van der Waals surface area (Å²) >= 11 is 0. The van der Waals surface area contributed by atoms with E-state index >= 15 is 0 Å². The van der Waals surface area contributed by atoms with E-state index in [0.29, 0.717) is 11.4 Å². The lowest BCUT2D eigenvalue weighted by molar-refractivity contribution is 0.0729. The van der Waals surface area contributed by atoms with E-state index in [9.17, 15) is 4.79 Å². The van der Waals surface area contributed by atoms with Gasteiger partial charge in [-0.15, -0.1) is 0 Å². The number of para-hydroxylation sites is 1. The van der Waals surface area contributed by atoms with E-state index in [-0.39, 0.29) is 5.69 Å². The summed E-state index contributed by atoms with van der Waals surface area (Å²) in [6.07, 6.45) is 4.80. The van der Waals surface area contributed by atoms with E-state index in [2.05, 4.69) is 9.97 Å². The van der Waals surface area contributed by atoms with Crippen molar-refractivity contribution in [1.29, 1.82) is 0 Å². The van der Waals surface area contributed by atoms with Crippen LogP contribution >= 0.6 is 0 Å². The smallest absolute Gasteiger partial charge is 0.363 e. The standard InChI is InChI=1S/C13H9N3O2/c17-13(18-10-4-2-1-3-5-10)11-8-16-9-14-7-6-12(16)15-11/h1-9H. The number of hydrogen-bond donors (Lipinski definition) is 0. The maximum atomic E-state index is 11.9. The van der Waals surface area contributed by atoms with Crippen LogP contribution in [0.25, 0.3) is 5.65 Å². The number of carbonyl (C=O) groups excluding carboxylic acids is 1. The number of hydrogen-bond acceptors (Lipinski definition) is 4. The maximum absolute atomic E-state index is 11.9. The summed E-state index contributed by atoms with van der Waals surface area (Å²) in [7, 11) is 0. The van der Waals surface area contributed by atoms with Crippen molar-refractivity contribution in [2.45, 2.75) is 0 Å². The number of imidazole rings is 1. The molecule has 1 aromatic carbocycles. The lowest BCUT2D eigenvalue weighted by Crippen LogP contribution is -2.08. The van der Waals surface area contributed by atoms with Crippen molar-refractivity contribution in [2.75, 3.05) is 0 Å². The number of benzene rings is 1. The van der Waals surface area contributed by atoms with E-state index < -0.39 is 5.97 Å². The van der Waals surface area contributed by atoms with Gasteiger partial charge in [0.2, 0.25) is 0 Å². The van der Waals surface area contributed by atoms with Crippen LogP contribution in [0, 0.1) is 0 Å². The fourth-order valence-corrected chi connectivity index (χ4v) is 1.59. The molecule has 0 fully saturated rings. The number of carbonyl (C=O) groups is 1. The molecular formula is C13H9N3O2. The van der Waals surface area contributed by atoms with Crippen LogP contribution in [-0.4, -0.2) is 20.3 Å². The lowest BCUT2D eigenvalue weighted by Gasteiger charge is -2.00. The third-order valence-corrected chi connectivity index (χ3v) is 2.42. The van der Waals surface area contributed by atoms with Crippen molar-refractivity contribution in [1.82, 2.24) is 14.4 Å². The first-order valence-electron chi connectivity index (χ1n) is 5.39. The van der Waals surface area contributed by atoms with E-state index in [4.69, 9.17) is 4.74 Å². The van der Waals surface area contributed by atoms with Gasteiger partial charge >= 0.3 is 5.97 Å². The monoisotopic (exact) mass is 239 g/mol. The molecule has 5 heteroatoms. The van der Waals surface area contributed by atoms with Crippen LogP contribution in [0.1, 0.15) is 10.5 Å². The first kappa shape index (κ1) is 10.5. The Bertz CT molecular complexity index is 659. The lowest BCUT2D eigenvalue weighted by atomic mass is 10.3. The highest BCUT2D eigenvalue weighted by Gasteiger charge is 2.12. The molecule has 0 amide bonds. The zero-order chi connectivity index (χ0) is 12.4. The number of fused-ring (bicyclic) bond motifs is 1. The molecule has 5 nitrogen and oxygen atoms in total. The summed E-state index contributed by atoms with van der Waals surface area (Å²) in [6.45, 7) is 0. The van der Waals surface area contributed by atoms with Crippen molar-refractivity contribution in [3.8, 4) is 5.75 Å². The molecule has 18 heavy (non-hydrogen) atoms. The molecule has 0 N–H and O–H groups in total. The average molecular weight is 239 g/mol. The van der Waals surface area contributed by atoms with E-state index in [1.807, 2.05) is 6.07 Å². The third kappa shape index (κ3) is 1.93. The highest BCUT2D eigenvalue weighted by molar-refractivity contribution is 5.89. The Hall–Kier alpha value is -2.69. The zero-order valence-electron chi connectivity index (χ0n) is 9.35. The van der Waals surface area contributed by atoms with Gasteiger partial charge in [-0.05, 0) is 18.2 Å². The zero-order valence-corrected chi connectivity index (χ0v) is 9.35. The molecule has 0 aliphatic rings. The Morgan fingerprint density at radius 1 is 1.17 bits per heavy atom. The van der Waals surface area contributed by atoms with Crippen LogP contribution in [0.2, 0.25) is 0 Å². The maximum Gasteiger partial charge on any atom is 0.363 e. The number of ether oxygens (including phenoxy) is 1. The van der Waals surface area contributed by atoms with E-state index in [1.165, 1.54) is 0 Å². The highest BCUT2D eigenvalue weighted by Crippen LogP contribution is 2.11. The summed E-state index contributed by atoms with van der Waals surface area (Å²) in [5.41, 5.74) is 0.914. The molecule has 0 aliphatic heterocycles. The topological polar surface area (TPSA) is 56.5 Å². The summed E-state index contributed by atoms with van der Waals surface area (Å²) in [4.78, 5) is 20.0. The molecule has 0 saturated carbocycles. The van der Waals surface area contributed by atoms with E-state index in [1.54, 1.807) is 53.5 Å². The molecule has 0 spiro atoms. The van der Waals surface area contributed by atoms with Gasteiger partial charge in [0.15, 0.2) is 5.69 Å². The van der Waals surface area contributed by atoms with Gasteiger partial charge in [-0.3, -0.25) is 4.40 Å². The molecule has 88 valence electrons. The van der Waals surface area contributed by atoms with Crippen LogP contribution in [0.15, 0.2) is 55.1 Å². The first-order valence-corrected chi connectivity index (χ1v) is 5.39. The van der Waals surface area contributed by atoms with Crippen LogP contribution in [0.5, 0.6) is 5.75 Å². The average Bonchev–Trinajstić information content (AvgIpc) is 2.84. The molecule has 0 atom stereocenters. The van der Waals surface area contributed by atoms with Crippen molar-refractivity contribution in [3.05, 3.63) is 60.8 Å². The highest BCUT2D eigenvalue weighted by atomic mass is 16.5. The molecular weight excluding hydrogens is 230 g/mol. The second-order valence-electron chi connectivity index (χ2n) is 3.67. The molecule has 3 aromatic rings. The molecule has 0 saturated heterocycles. The Kier molecular flexibility index (Phi) is 2.49. The summed E-state index contributed by atoms with van der Waals surface area (Å²) < 4.78 is 6.86. The predicted molar refractivity (Wildman–Crippen MR) is 64.4 cm³/mol. The van der Waals surface area contributed by atoms with Gasteiger partial charge in [0, 0.05) is 12.4 Å². The Balaban J connectivity index is 1.88. The molecule has 3 rings (SSSR count).